The lowest BCUT2D eigenvalue weighted by atomic mass is 10.3. The Balaban J connectivity index is 2.29. The van der Waals surface area contributed by atoms with E-state index < -0.39 is 10.0 Å². The van der Waals surface area contributed by atoms with Gasteiger partial charge in [0.15, 0.2) is 0 Å². The number of anilines is 1. The van der Waals surface area contributed by atoms with Crippen LogP contribution in [0.15, 0.2) is 23.2 Å². The maximum atomic E-state index is 12.3. The molecular formula is C10H15N3O2S2. The van der Waals surface area contributed by atoms with Crippen molar-refractivity contribution in [1.29, 1.82) is 0 Å². The number of hydrogen-bond acceptors (Lipinski definition) is 5. The van der Waals surface area contributed by atoms with Gasteiger partial charge in [-0.05, 0) is 18.2 Å². The molecule has 1 fully saturated rings. The zero-order chi connectivity index (χ0) is 12.5. The molecule has 0 aliphatic carbocycles. The topological polar surface area (TPSA) is 76.3 Å². The molecule has 5 nitrogen and oxygen atoms in total. The number of hydrogen-bond donors (Lipinski definition) is 1. The quantitative estimate of drug-likeness (QED) is 0.881. The minimum absolute atomic E-state index is 0.0828. The van der Waals surface area contributed by atoms with Crippen LogP contribution in [0.5, 0.6) is 0 Å². The highest BCUT2D eigenvalue weighted by Crippen LogP contribution is 2.26. The number of nitrogen functional groups attached to an aromatic ring is 1. The van der Waals surface area contributed by atoms with E-state index in [9.17, 15) is 8.42 Å². The Labute approximate surface area is 105 Å². The van der Waals surface area contributed by atoms with Crippen LogP contribution in [0.3, 0.4) is 0 Å². The van der Waals surface area contributed by atoms with Crippen LogP contribution in [0.25, 0.3) is 0 Å². The van der Waals surface area contributed by atoms with Crippen LogP contribution in [0.1, 0.15) is 6.42 Å². The Morgan fingerprint density at radius 3 is 2.94 bits per heavy atom. The number of nitrogens with two attached hydrogens (primary N) is 1. The van der Waals surface area contributed by atoms with Gasteiger partial charge in [-0.2, -0.15) is 16.1 Å². The van der Waals surface area contributed by atoms with Gasteiger partial charge >= 0.3 is 0 Å². The lowest BCUT2D eigenvalue weighted by Crippen LogP contribution is -2.36. The number of sulfonamides is 1. The van der Waals surface area contributed by atoms with Crippen LogP contribution in [0.2, 0.25) is 0 Å². The molecule has 1 atom stereocenters. The van der Waals surface area contributed by atoms with E-state index in [1.807, 2.05) is 0 Å². The summed E-state index contributed by atoms with van der Waals surface area (Å²) >= 11 is 1.78. The molecule has 0 radical (unpaired) electrons. The van der Waals surface area contributed by atoms with Gasteiger partial charge in [-0.3, -0.25) is 0 Å². The molecule has 17 heavy (non-hydrogen) atoms. The van der Waals surface area contributed by atoms with Crippen LogP contribution in [0, 0.1) is 0 Å². The number of pyridine rings is 1. The average Bonchev–Trinajstić information content (AvgIpc) is 2.81. The van der Waals surface area contributed by atoms with Gasteiger partial charge < -0.3 is 5.73 Å². The van der Waals surface area contributed by atoms with Crippen molar-refractivity contribution in [1.82, 2.24) is 9.29 Å². The van der Waals surface area contributed by atoms with E-state index in [1.54, 1.807) is 18.8 Å². The van der Waals surface area contributed by atoms with E-state index in [1.165, 1.54) is 22.6 Å². The van der Waals surface area contributed by atoms with Gasteiger partial charge in [0.25, 0.3) is 0 Å². The summed E-state index contributed by atoms with van der Waals surface area (Å²) in [6, 6.07) is 2.96. The van der Waals surface area contributed by atoms with E-state index >= 15 is 0 Å². The Bertz CT molecular complexity index is 498. The predicted octanol–water partition coefficient (Wildman–Crippen LogP) is 0.790. The third-order valence-electron chi connectivity index (χ3n) is 2.85. The summed E-state index contributed by atoms with van der Waals surface area (Å²) in [5.74, 6) is 2.10. The molecule has 2 rings (SSSR count). The standard InChI is InChI=1S/C10H15N3O2S2/c1-13(8-3-5-16-7-8)17(14,15)9-2-4-12-10(11)6-9/h2,4,6,8H,3,5,7H2,1H3,(H2,11,12). The van der Waals surface area contributed by atoms with Gasteiger partial charge in [0.1, 0.15) is 5.82 Å². The summed E-state index contributed by atoms with van der Waals surface area (Å²) in [6.45, 7) is 0. The summed E-state index contributed by atoms with van der Waals surface area (Å²) < 4.78 is 26.1. The van der Waals surface area contributed by atoms with E-state index in [0.29, 0.717) is 0 Å². The second-order valence-corrected chi connectivity index (χ2v) is 7.10. The molecule has 1 unspecified atom stereocenters. The van der Waals surface area contributed by atoms with Crippen LogP contribution in [-0.4, -0.2) is 42.3 Å². The summed E-state index contributed by atoms with van der Waals surface area (Å²) in [5.41, 5.74) is 5.51. The lowest BCUT2D eigenvalue weighted by molar-refractivity contribution is 0.394. The molecule has 0 saturated carbocycles. The minimum Gasteiger partial charge on any atom is -0.384 e. The Kier molecular flexibility index (Phi) is 3.60. The molecular weight excluding hydrogens is 258 g/mol. The molecule has 0 aromatic carbocycles. The highest BCUT2D eigenvalue weighted by Gasteiger charge is 2.30. The maximum absolute atomic E-state index is 12.3. The Hall–Kier alpha value is -0.790. The fraction of sp³-hybridized carbons (Fsp3) is 0.500. The Morgan fingerprint density at radius 2 is 2.35 bits per heavy atom. The largest absolute Gasteiger partial charge is 0.384 e. The van der Waals surface area contributed by atoms with Crippen LogP contribution in [-0.2, 0) is 10.0 Å². The van der Waals surface area contributed by atoms with Gasteiger partial charge in [0.05, 0.1) is 4.90 Å². The normalized spacial score (nSPS) is 20.9. The second kappa shape index (κ2) is 4.83. The molecule has 94 valence electrons. The molecule has 1 aliphatic rings. The van der Waals surface area contributed by atoms with Crippen molar-refractivity contribution in [3.05, 3.63) is 18.3 Å². The van der Waals surface area contributed by atoms with Gasteiger partial charge in [-0.15, -0.1) is 0 Å². The van der Waals surface area contributed by atoms with E-state index in [-0.39, 0.29) is 16.8 Å². The first-order valence-corrected chi connectivity index (χ1v) is 7.88. The molecule has 0 amide bonds. The molecule has 1 saturated heterocycles. The monoisotopic (exact) mass is 273 g/mol. The third-order valence-corrected chi connectivity index (χ3v) is 5.90. The SMILES string of the molecule is CN(C1CCSC1)S(=O)(=O)c1ccnc(N)c1. The van der Waals surface area contributed by atoms with E-state index in [4.69, 9.17) is 5.73 Å². The van der Waals surface area contributed by atoms with Gasteiger partial charge in [-0.25, -0.2) is 13.4 Å². The van der Waals surface area contributed by atoms with Crippen molar-refractivity contribution in [2.45, 2.75) is 17.4 Å². The molecule has 0 spiro atoms. The average molecular weight is 273 g/mol. The van der Waals surface area contributed by atoms with Crippen molar-refractivity contribution in [2.75, 3.05) is 24.3 Å². The van der Waals surface area contributed by atoms with E-state index in [0.717, 1.165) is 17.9 Å². The summed E-state index contributed by atoms with van der Waals surface area (Å²) in [7, 11) is -1.82. The number of thioether (sulfide) groups is 1. The van der Waals surface area contributed by atoms with Crippen LogP contribution in [0.4, 0.5) is 5.82 Å². The van der Waals surface area contributed by atoms with Gasteiger partial charge in [0.2, 0.25) is 10.0 Å². The van der Waals surface area contributed by atoms with Crippen molar-refractivity contribution in [2.24, 2.45) is 0 Å². The zero-order valence-corrected chi connectivity index (χ0v) is 11.2. The molecule has 0 bridgehead atoms. The molecule has 1 aromatic rings. The Morgan fingerprint density at radius 1 is 1.59 bits per heavy atom. The molecule has 1 aliphatic heterocycles. The second-order valence-electron chi connectivity index (χ2n) is 3.96. The van der Waals surface area contributed by atoms with Crippen molar-refractivity contribution >= 4 is 27.6 Å². The number of nitrogens with zero attached hydrogens (tertiary/aromatic N) is 2. The van der Waals surface area contributed by atoms with E-state index in [2.05, 4.69) is 4.98 Å². The summed E-state index contributed by atoms with van der Waals surface area (Å²) in [5, 5.41) is 0. The fourth-order valence-corrected chi connectivity index (χ4v) is 4.53. The zero-order valence-electron chi connectivity index (χ0n) is 9.54. The van der Waals surface area contributed by atoms with Crippen LogP contribution >= 0.6 is 11.8 Å². The lowest BCUT2D eigenvalue weighted by Gasteiger charge is -2.23. The highest BCUT2D eigenvalue weighted by molar-refractivity contribution is 7.99. The summed E-state index contributed by atoms with van der Waals surface area (Å²) in [4.78, 5) is 4.01. The molecule has 7 heteroatoms. The minimum atomic E-state index is -3.44. The van der Waals surface area contributed by atoms with Gasteiger partial charge in [-0.1, -0.05) is 0 Å². The van der Waals surface area contributed by atoms with Crippen LogP contribution < -0.4 is 5.73 Å². The van der Waals surface area contributed by atoms with Crippen molar-refractivity contribution in [3.8, 4) is 0 Å². The first-order valence-electron chi connectivity index (χ1n) is 5.29. The molecule has 2 N–H and O–H groups in total. The molecule has 1 aromatic heterocycles. The predicted molar refractivity (Wildman–Crippen MR) is 69.3 cm³/mol. The van der Waals surface area contributed by atoms with Crippen molar-refractivity contribution in [3.63, 3.8) is 0 Å². The first-order chi connectivity index (χ1) is 8.01. The first kappa shape index (κ1) is 12.7. The maximum Gasteiger partial charge on any atom is 0.243 e. The highest BCUT2D eigenvalue weighted by atomic mass is 32.2. The number of rotatable bonds is 3. The summed E-state index contributed by atoms with van der Waals surface area (Å²) in [6.07, 6.45) is 2.32. The van der Waals surface area contributed by atoms with Gasteiger partial charge in [0, 0.05) is 31.1 Å². The fourth-order valence-electron chi connectivity index (χ4n) is 1.76. The molecule has 2 heterocycles. The van der Waals surface area contributed by atoms with Crippen molar-refractivity contribution < 1.29 is 8.42 Å². The number of aromatic nitrogens is 1. The third kappa shape index (κ3) is 2.56. The smallest absolute Gasteiger partial charge is 0.243 e.